The van der Waals surface area contributed by atoms with E-state index >= 15 is 0 Å². The maximum absolute atomic E-state index is 12.1. The highest BCUT2D eigenvalue weighted by Gasteiger charge is 2.40. The minimum absolute atomic E-state index is 0.0612. The van der Waals surface area contributed by atoms with Gasteiger partial charge in [0.05, 0.1) is 12.0 Å². The second-order valence-electron chi connectivity index (χ2n) is 4.63. The van der Waals surface area contributed by atoms with Gasteiger partial charge in [0.2, 0.25) is 0 Å². The van der Waals surface area contributed by atoms with E-state index in [0.29, 0.717) is 6.61 Å². The van der Waals surface area contributed by atoms with Gasteiger partial charge in [-0.2, -0.15) is 9.59 Å². The van der Waals surface area contributed by atoms with Crippen LogP contribution in [-0.2, 0) is 25.5 Å². The maximum atomic E-state index is 12.1. The molecule has 1 aromatic rings. The number of allylic oxidation sites excluding steroid dienone is 2. The molecule has 4 nitrogen and oxygen atoms in total. The molecule has 0 fully saturated rings. The van der Waals surface area contributed by atoms with E-state index in [9.17, 15) is 4.79 Å². The van der Waals surface area contributed by atoms with Crippen molar-refractivity contribution in [3.8, 4) is 0 Å². The Kier molecular flexibility index (Phi) is 6.41. The first-order valence-corrected chi connectivity index (χ1v) is 6.54. The second-order valence-corrected chi connectivity index (χ2v) is 4.63. The summed E-state index contributed by atoms with van der Waals surface area (Å²) in [6, 6.07) is 10.2. The van der Waals surface area contributed by atoms with E-state index in [4.69, 9.17) is 14.3 Å². The molecule has 0 spiro atoms. The Hall–Kier alpha value is -2.19. The van der Waals surface area contributed by atoms with Crippen molar-refractivity contribution in [3.05, 3.63) is 48.0 Å². The van der Waals surface area contributed by atoms with Crippen molar-refractivity contribution in [2.24, 2.45) is 5.41 Å². The van der Waals surface area contributed by atoms with E-state index in [0.717, 1.165) is 19.3 Å². The Morgan fingerprint density at radius 2 is 1.75 bits per heavy atom. The van der Waals surface area contributed by atoms with Crippen LogP contribution in [-0.4, -0.2) is 18.7 Å². The molecule has 0 amide bonds. The number of rotatable bonds is 4. The van der Waals surface area contributed by atoms with Crippen LogP contribution in [0.5, 0.6) is 0 Å². The van der Waals surface area contributed by atoms with Crippen LogP contribution in [0.15, 0.2) is 42.5 Å². The number of carbonyl (C=O) groups is 1. The van der Waals surface area contributed by atoms with Gasteiger partial charge in [0.25, 0.3) is 0 Å². The molecule has 0 atom stereocenters. The number of ether oxygens (including phenoxy) is 1. The van der Waals surface area contributed by atoms with Crippen LogP contribution in [0.4, 0.5) is 0 Å². The fraction of sp³-hybridized carbons (Fsp3) is 0.375. The molecule has 0 saturated heterocycles. The Morgan fingerprint density at radius 3 is 2.25 bits per heavy atom. The van der Waals surface area contributed by atoms with E-state index in [1.165, 1.54) is 5.56 Å². The van der Waals surface area contributed by atoms with Crippen LogP contribution < -0.4 is 0 Å². The van der Waals surface area contributed by atoms with Crippen molar-refractivity contribution in [2.75, 3.05) is 6.61 Å². The molecule has 20 heavy (non-hydrogen) atoms. The molecule has 1 aliphatic carbocycles. The summed E-state index contributed by atoms with van der Waals surface area (Å²) in [5, 5.41) is 0. The van der Waals surface area contributed by atoms with Crippen molar-refractivity contribution in [3.63, 3.8) is 0 Å². The van der Waals surface area contributed by atoms with Gasteiger partial charge >= 0.3 is 12.1 Å². The van der Waals surface area contributed by atoms with Gasteiger partial charge in [-0.3, -0.25) is 4.79 Å². The largest absolute Gasteiger partial charge is 0.466 e. The first-order valence-electron chi connectivity index (χ1n) is 6.54. The summed E-state index contributed by atoms with van der Waals surface area (Å²) < 4.78 is 5.22. The van der Waals surface area contributed by atoms with Gasteiger partial charge in [-0.05, 0) is 31.7 Å². The van der Waals surface area contributed by atoms with Crippen molar-refractivity contribution in [1.82, 2.24) is 0 Å². The van der Waals surface area contributed by atoms with Gasteiger partial charge in [-0.15, -0.1) is 0 Å². The predicted octanol–water partition coefficient (Wildman–Crippen LogP) is 2.55. The zero-order valence-electron chi connectivity index (χ0n) is 11.5. The highest BCUT2D eigenvalue weighted by atomic mass is 16.5. The lowest BCUT2D eigenvalue weighted by molar-refractivity contribution is -0.191. The Balaban J connectivity index is 0.000000612. The molecule has 0 aromatic heterocycles. The van der Waals surface area contributed by atoms with Gasteiger partial charge in [0, 0.05) is 0 Å². The second kappa shape index (κ2) is 8.08. The Bertz CT molecular complexity index is 476. The average molecular weight is 274 g/mol. The molecule has 0 radical (unpaired) electrons. The summed E-state index contributed by atoms with van der Waals surface area (Å²) in [4.78, 5) is 28.4. The number of carbonyl (C=O) groups excluding carboxylic acids is 3. The Labute approximate surface area is 118 Å². The Morgan fingerprint density at radius 1 is 1.20 bits per heavy atom. The van der Waals surface area contributed by atoms with Crippen molar-refractivity contribution >= 4 is 12.1 Å². The summed E-state index contributed by atoms with van der Waals surface area (Å²) in [7, 11) is 0. The average Bonchev–Trinajstić information content (AvgIpc) is 2.91. The topological polar surface area (TPSA) is 60.4 Å². The molecule has 1 aromatic carbocycles. The van der Waals surface area contributed by atoms with Crippen LogP contribution in [0.25, 0.3) is 0 Å². The summed E-state index contributed by atoms with van der Waals surface area (Å²) in [5.74, 6) is -0.0612. The van der Waals surface area contributed by atoms with Gasteiger partial charge < -0.3 is 4.74 Å². The quantitative estimate of drug-likeness (QED) is 0.625. The molecule has 0 aliphatic heterocycles. The van der Waals surface area contributed by atoms with Crippen molar-refractivity contribution < 1.29 is 19.1 Å². The third kappa shape index (κ3) is 4.18. The summed E-state index contributed by atoms with van der Waals surface area (Å²) in [6.45, 7) is 2.31. The smallest absolute Gasteiger partial charge is 0.373 e. The molecule has 0 N–H and O–H groups in total. The summed E-state index contributed by atoms with van der Waals surface area (Å²) in [6.07, 6.45) is 6.76. The third-order valence-electron chi connectivity index (χ3n) is 3.28. The molecule has 0 heterocycles. The van der Waals surface area contributed by atoms with Gasteiger partial charge in [0.15, 0.2) is 0 Å². The van der Waals surface area contributed by atoms with E-state index in [2.05, 4.69) is 24.3 Å². The first kappa shape index (κ1) is 15.9. The number of benzene rings is 1. The van der Waals surface area contributed by atoms with Crippen LogP contribution in [0.3, 0.4) is 0 Å². The fourth-order valence-corrected chi connectivity index (χ4v) is 2.36. The number of esters is 1. The fourth-order valence-electron chi connectivity index (χ4n) is 2.36. The SMILES string of the molecule is CCOC(=O)C1(Cc2ccccc2)CC=CC1.O=C=O. The summed E-state index contributed by atoms with van der Waals surface area (Å²) in [5.41, 5.74) is 0.835. The van der Waals surface area contributed by atoms with Crippen molar-refractivity contribution in [1.29, 1.82) is 0 Å². The normalized spacial score (nSPS) is 14.8. The van der Waals surface area contributed by atoms with E-state index in [1.807, 2.05) is 25.1 Å². The predicted molar refractivity (Wildman–Crippen MR) is 72.6 cm³/mol. The lowest BCUT2D eigenvalue weighted by atomic mass is 9.79. The molecule has 106 valence electrons. The lowest BCUT2D eigenvalue weighted by Gasteiger charge is -2.26. The highest BCUT2D eigenvalue weighted by molar-refractivity contribution is 5.78. The minimum atomic E-state index is -0.364. The number of hydrogen-bond donors (Lipinski definition) is 0. The number of hydrogen-bond acceptors (Lipinski definition) is 4. The maximum Gasteiger partial charge on any atom is 0.373 e. The van der Waals surface area contributed by atoms with Gasteiger partial charge in [0.1, 0.15) is 0 Å². The summed E-state index contributed by atoms with van der Waals surface area (Å²) >= 11 is 0. The van der Waals surface area contributed by atoms with E-state index < -0.39 is 0 Å². The minimum Gasteiger partial charge on any atom is -0.466 e. The highest BCUT2D eigenvalue weighted by Crippen LogP contribution is 2.38. The van der Waals surface area contributed by atoms with Gasteiger partial charge in [-0.1, -0.05) is 42.5 Å². The van der Waals surface area contributed by atoms with E-state index in [1.54, 1.807) is 0 Å². The molecule has 4 heteroatoms. The third-order valence-corrected chi connectivity index (χ3v) is 3.28. The molecule has 0 bridgehead atoms. The van der Waals surface area contributed by atoms with Crippen molar-refractivity contribution in [2.45, 2.75) is 26.2 Å². The van der Waals surface area contributed by atoms with E-state index in [-0.39, 0.29) is 17.5 Å². The molecule has 0 unspecified atom stereocenters. The first-order chi connectivity index (χ1) is 9.68. The molecule has 2 rings (SSSR count). The zero-order valence-corrected chi connectivity index (χ0v) is 11.5. The molecule has 0 saturated carbocycles. The molecular weight excluding hydrogens is 256 g/mol. The molecular formula is C16H18O4. The zero-order chi connectivity index (χ0) is 14.8. The van der Waals surface area contributed by atoms with Crippen LogP contribution in [0.2, 0.25) is 0 Å². The molecule has 1 aliphatic rings. The monoisotopic (exact) mass is 274 g/mol. The lowest BCUT2D eigenvalue weighted by Crippen LogP contribution is -2.32. The standard InChI is InChI=1S/C15H18O2.CO2/c1-2-17-14(16)15(10-6-7-11-15)12-13-8-4-3-5-9-13;2-1-3/h3-9H,2,10-12H2,1H3;. The van der Waals surface area contributed by atoms with Crippen LogP contribution in [0, 0.1) is 5.41 Å². The van der Waals surface area contributed by atoms with Crippen LogP contribution >= 0.6 is 0 Å². The van der Waals surface area contributed by atoms with Crippen LogP contribution in [0.1, 0.15) is 25.3 Å². The van der Waals surface area contributed by atoms with Gasteiger partial charge in [-0.25, -0.2) is 0 Å².